The highest BCUT2D eigenvalue weighted by Gasteiger charge is 2.38. The fourth-order valence-corrected chi connectivity index (χ4v) is 2.33. The Morgan fingerprint density at radius 3 is 2.76 bits per heavy atom. The Hall–Kier alpha value is -1.39. The summed E-state index contributed by atoms with van der Waals surface area (Å²) in [6, 6.07) is 10.1. The highest BCUT2D eigenvalue weighted by molar-refractivity contribution is 5.78. The molecule has 1 atom stereocenters. The van der Waals surface area contributed by atoms with Crippen molar-refractivity contribution in [2.75, 3.05) is 13.1 Å². The molecule has 1 fully saturated rings. The number of rotatable bonds is 3. The van der Waals surface area contributed by atoms with Crippen molar-refractivity contribution in [3.63, 3.8) is 0 Å². The first-order valence-electron chi connectivity index (χ1n) is 5.89. The largest absolute Gasteiger partial charge is 0.480 e. The number of hydrogen-bond acceptors (Lipinski definition) is 3. The van der Waals surface area contributed by atoms with Crippen LogP contribution in [0.25, 0.3) is 0 Å². The highest BCUT2D eigenvalue weighted by Crippen LogP contribution is 2.20. The molecule has 0 radical (unpaired) electrons. The van der Waals surface area contributed by atoms with E-state index in [1.807, 2.05) is 30.3 Å². The average Bonchev–Trinajstić information content (AvgIpc) is 2.30. The zero-order valence-electron chi connectivity index (χ0n) is 9.80. The predicted octanol–water partition coefficient (Wildman–Crippen LogP) is 1.06. The van der Waals surface area contributed by atoms with E-state index < -0.39 is 11.5 Å². The summed E-state index contributed by atoms with van der Waals surface area (Å²) in [6.45, 7) is 2.12. The smallest absolute Gasteiger partial charge is 0.325 e. The normalized spacial score (nSPS) is 25.7. The van der Waals surface area contributed by atoms with Gasteiger partial charge in [0.1, 0.15) is 5.54 Å². The molecule has 17 heavy (non-hydrogen) atoms. The lowest BCUT2D eigenvalue weighted by molar-refractivity contribution is -0.145. The minimum atomic E-state index is -1.08. The molecule has 0 saturated carbocycles. The molecule has 1 aromatic rings. The summed E-state index contributed by atoms with van der Waals surface area (Å²) in [7, 11) is 0. The van der Waals surface area contributed by atoms with E-state index in [0.717, 1.165) is 19.5 Å². The van der Waals surface area contributed by atoms with E-state index in [1.165, 1.54) is 5.56 Å². The van der Waals surface area contributed by atoms with Crippen LogP contribution >= 0.6 is 0 Å². The van der Waals surface area contributed by atoms with Gasteiger partial charge < -0.3 is 10.8 Å². The first kappa shape index (κ1) is 12.1. The first-order valence-corrected chi connectivity index (χ1v) is 5.89. The molecule has 1 aliphatic rings. The van der Waals surface area contributed by atoms with Gasteiger partial charge in [0, 0.05) is 13.1 Å². The highest BCUT2D eigenvalue weighted by atomic mass is 16.4. The van der Waals surface area contributed by atoms with E-state index in [4.69, 9.17) is 10.8 Å². The first-order chi connectivity index (χ1) is 8.10. The van der Waals surface area contributed by atoms with Gasteiger partial charge in [-0.1, -0.05) is 30.3 Å². The number of carboxylic acids is 1. The molecule has 92 valence electrons. The van der Waals surface area contributed by atoms with E-state index >= 15 is 0 Å². The summed E-state index contributed by atoms with van der Waals surface area (Å²) < 4.78 is 0. The van der Waals surface area contributed by atoms with E-state index in [2.05, 4.69) is 4.90 Å². The summed E-state index contributed by atoms with van der Waals surface area (Å²) in [5, 5.41) is 9.13. The molecule has 3 N–H and O–H groups in total. The molecule has 1 aromatic carbocycles. The van der Waals surface area contributed by atoms with Crippen LogP contribution < -0.4 is 5.73 Å². The summed E-state index contributed by atoms with van der Waals surface area (Å²) >= 11 is 0. The average molecular weight is 234 g/mol. The third kappa shape index (κ3) is 2.84. The molecular weight excluding hydrogens is 216 g/mol. The van der Waals surface area contributed by atoms with Gasteiger partial charge in [0.2, 0.25) is 0 Å². The van der Waals surface area contributed by atoms with Crippen LogP contribution in [0.15, 0.2) is 30.3 Å². The third-order valence-corrected chi connectivity index (χ3v) is 3.28. The molecule has 4 nitrogen and oxygen atoms in total. The second-order valence-electron chi connectivity index (χ2n) is 4.76. The number of likely N-dealkylation sites (tertiary alicyclic amines) is 1. The monoisotopic (exact) mass is 234 g/mol. The maximum Gasteiger partial charge on any atom is 0.325 e. The maximum atomic E-state index is 11.1. The number of carbonyl (C=O) groups is 1. The van der Waals surface area contributed by atoms with Crippen LogP contribution in [0, 0.1) is 0 Å². The quantitative estimate of drug-likeness (QED) is 0.821. The maximum absolute atomic E-state index is 11.1. The molecule has 0 amide bonds. The van der Waals surface area contributed by atoms with E-state index in [9.17, 15) is 4.79 Å². The SMILES string of the molecule is N[C@@]1(C(=O)O)CCCN(Cc2ccccc2)C1. The fourth-order valence-electron chi connectivity index (χ4n) is 2.33. The van der Waals surface area contributed by atoms with Crippen LogP contribution in [0.2, 0.25) is 0 Å². The van der Waals surface area contributed by atoms with Crippen LogP contribution in [-0.4, -0.2) is 34.6 Å². The third-order valence-electron chi connectivity index (χ3n) is 3.28. The van der Waals surface area contributed by atoms with Gasteiger partial charge in [-0.2, -0.15) is 0 Å². The van der Waals surface area contributed by atoms with Crippen molar-refractivity contribution >= 4 is 5.97 Å². The van der Waals surface area contributed by atoms with Crippen molar-refractivity contribution in [1.82, 2.24) is 4.90 Å². The van der Waals surface area contributed by atoms with Gasteiger partial charge in [0.05, 0.1) is 0 Å². The lowest BCUT2D eigenvalue weighted by Gasteiger charge is -2.37. The molecule has 4 heteroatoms. The number of aliphatic carboxylic acids is 1. The Kier molecular flexibility index (Phi) is 3.45. The Morgan fingerprint density at radius 2 is 2.12 bits per heavy atom. The number of nitrogens with zero attached hydrogens (tertiary/aromatic N) is 1. The molecule has 0 aromatic heterocycles. The van der Waals surface area contributed by atoms with Gasteiger partial charge in [0.25, 0.3) is 0 Å². The van der Waals surface area contributed by atoms with Crippen molar-refractivity contribution in [3.8, 4) is 0 Å². The molecule has 1 heterocycles. The van der Waals surface area contributed by atoms with Crippen molar-refractivity contribution in [3.05, 3.63) is 35.9 Å². The Balaban J connectivity index is 2.01. The predicted molar refractivity (Wildman–Crippen MR) is 65.5 cm³/mol. The summed E-state index contributed by atoms with van der Waals surface area (Å²) in [4.78, 5) is 13.2. The van der Waals surface area contributed by atoms with E-state index in [1.54, 1.807) is 0 Å². The zero-order valence-corrected chi connectivity index (χ0v) is 9.80. The van der Waals surface area contributed by atoms with Gasteiger partial charge >= 0.3 is 5.97 Å². The molecule has 1 saturated heterocycles. The second kappa shape index (κ2) is 4.85. The fraction of sp³-hybridized carbons (Fsp3) is 0.462. The number of benzene rings is 1. The number of nitrogens with two attached hydrogens (primary N) is 1. The standard InChI is InChI=1S/C13H18N2O2/c14-13(12(16)17)7-4-8-15(10-13)9-11-5-2-1-3-6-11/h1-3,5-6H,4,7-10,14H2,(H,16,17)/t13-/m0/s1. The van der Waals surface area contributed by atoms with Gasteiger partial charge in [-0.15, -0.1) is 0 Å². The zero-order chi connectivity index (χ0) is 12.3. The second-order valence-corrected chi connectivity index (χ2v) is 4.76. The minimum absolute atomic E-state index is 0.428. The van der Waals surface area contributed by atoms with Crippen LogP contribution in [0.4, 0.5) is 0 Å². The molecule has 1 aliphatic heterocycles. The van der Waals surface area contributed by atoms with Crippen LogP contribution in [-0.2, 0) is 11.3 Å². The van der Waals surface area contributed by atoms with Crippen molar-refractivity contribution in [2.24, 2.45) is 5.73 Å². The molecular formula is C13H18N2O2. The van der Waals surface area contributed by atoms with Crippen LogP contribution in [0.1, 0.15) is 18.4 Å². The Bertz CT molecular complexity index is 394. The number of piperidine rings is 1. The Morgan fingerprint density at radius 1 is 1.41 bits per heavy atom. The van der Waals surface area contributed by atoms with Crippen molar-refractivity contribution < 1.29 is 9.90 Å². The molecule has 0 aliphatic carbocycles. The minimum Gasteiger partial charge on any atom is -0.480 e. The van der Waals surface area contributed by atoms with Gasteiger partial charge in [-0.05, 0) is 24.9 Å². The molecule has 0 unspecified atom stereocenters. The van der Waals surface area contributed by atoms with Crippen LogP contribution in [0.5, 0.6) is 0 Å². The molecule has 0 bridgehead atoms. The van der Waals surface area contributed by atoms with Crippen LogP contribution in [0.3, 0.4) is 0 Å². The van der Waals surface area contributed by atoms with Crippen molar-refractivity contribution in [2.45, 2.75) is 24.9 Å². The lowest BCUT2D eigenvalue weighted by Crippen LogP contribution is -2.59. The molecule has 2 rings (SSSR count). The van der Waals surface area contributed by atoms with Gasteiger partial charge in [0.15, 0.2) is 0 Å². The summed E-state index contributed by atoms with van der Waals surface area (Å²) in [5.74, 6) is -0.893. The molecule has 0 spiro atoms. The van der Waals surface area contributed by atoms with Gasteiger partial charge in [-0.3, -0.25) is 9.69 Å². The van der Waals surface area contributed by atoms with Crippen molar-refractivity contribution in [1.29, 1.82) is 0 Å². The summed E-state index contributed by atoms with van der Waals surface area (Å²) in [5.41, 5.74) is 6.02. The topological polar surface area (TPSA) is 66.6 Å². The number of carboxylic acid groups (broad SMARTS) is 1. The summed E-state index contributed by atoms with van der Waals surface area (Å²) in [6.07, 6.45) is 1.41. The Labute approximate surface area is 101 Å². The van der Waals surface area contributed by atoms with E-state index in [0.29, 0.717) is 13.0 Å². The lowest BCUT2D eigenvalue weighted by atomic mass is 9.90. The number of hydrogen-bond donors (Lipinski definition) is 2. The van der Waals surface area contributed by atoms with E-state index in [-0.39, 0.29) is 0 Å². The van der Waals surface area contributed by atoms with Gasteiger partial charge in [-0.25, -0.2) is 0 Å².